The first-order chi connectivity index (χ1) is 12.1. The number of carbonyl (C=O) groups is 1. The van der Waals surface area contributed by atoms with Gasteiger partial charge in [0.15, 0.2) is 5.17 Å². The van der Waals surface area contributed by atoms with Gasteiger partial charge in [0.2, 0.25) is 0 Å². The fourth-order valence-electron chi connectivity index (χ4n) is 2.35. The van der Waals surface area contributed by atoms with Gasteiger partial charge in [-0.15, -0.1) is 0 Å². The summed E-state index contributed by atoms with van der Waals surface area (Å²) in [6.45, 7) is 2.61. The molecule has 0 saturated carbocycles. The molecule has 1 aliphatic rings. The number of nitrogens with zero attached hydrogens (tertiary/aromatic N) is 2. The Bertz CT molecular complexity index is 832. The standard InChI is InChI=1S/C19H16ClFN2OS/c1-2-11-23-18(24)17(12-13-3-7-15(21)8-4-13)25-19(23)22-16-9-5-14(20)6-10-16/h3-10,12H,2,11H2,1H3/b17-12-,22-19?. The molecule has 1 fully saturated rings. The second-order valence-electron chi connectivity index (χ2n) is 5.49. The molecule has 0 aromatic heterocycles. The van der Waals surface area contributed by atoms with Crippen molar-refractivity contribution in [3.63, 3.8) is 0 Å². The van der Waals surface area contributed by atoms with E-state index in [1.54, 1.807) is 35.2 Å². The lowest BCUT2D eigenvalue weighted by Gasteiger charge is -2.13. The van der Waals surface area contributed by atoms with E-state index in [2.05, 4.69) is 4.99 Å². The van der Waals surface area contributed by atoms with Gasteiger partial charge >= 0.3 is 0 Å². The number of amides is 1. The summed E-state index contributed by atoms with van der Waals surface area (Å²) in [6.07, 6.45) is 2.59. The van der Waals surface area contributed by atoms with Gasteiger partial charge in [0, 0.05) is 11.6 Å². The third-order valence-electron chi connectivity index (χ3n) is 3.55. The van der Waals surface area contributed by atoms with E-state index < -0.39 is 0 Å². The fraction of sp³-hybridized carbons (Fsp3) is 0.158. The maximum absolute atomic E-state index is 13.0. The monoisotopic (exact) mass is 374 g/mol. The van der Waals surface area contributed by atoms with Crippen LogP contribution in [0.5, 0.6) is 0 Å². The van der Waals surface area contributed by atoms with E-state index in [4.69, 9.17) is 11.6 Å². The van der Waals surface area contributed by atoms with Gasteiger partial charge in [-0.3, -0.25) is 9.69 Å². The molecule has 1 amide bonds. The van der Waals surface area contributed by atoms with Gasteiger partial charge in [-0.05, 0) is 66.2 Å². The first kappa shape index (κ1) is 17.7. The van der Waals surface area contributed by atoms with Crippen LogP contribution in [0.15, 0.2) is 58.4 Å². The van der Waals surface area contributed by atoms with Crippen LogP contribution in [0.4, 0.5) is 10.1 Å². The SMILES string of the molecule is CCCN1C(=O)/C(=C/c2ccc(F)cc2)SC1=Nc1ccc(Cl)cc1. The second kappa shape index (κ2) is 7.85. The van der Waals surface area contributed by atoms with Crippen LogP contribution in [0.2, 0.25) is 5.02 Å². The molecule has 25 heavy (non-hydrogen) atoms. The molecule has 6 heteroatoms. The average molecular weight is 375 g/mol. The van der Waals surface area contributed by atoms with Crippen molar-refractivity contribution in [2.24, 2.45) is 4.99 Å². The van der Waals surface area contributed by atoms with Gasteiger partial charge < -0.3 is 0 Å². The first-order valence-electron chi connectivity index (χ1n) is 7.88. The normalized spacial score (nSPS) is 17.7. The van der Waals surface area contributed by atoms with E-state index >= 15 is 0 Å². The molecule has 128 valence electrons. The summed E-state index contributed by atoms with van der Waals surface area (Å²) in [5.41, 5.74) is 1.52. The first-order valence-corrected chi connectivity index (χ1v) is 9.07. The van der Waals surface area contributed by atoms with E-state index in [-0.39, 0.29) is 11.7 Å². The van der Waals surface area contributed by atoms with Gasteiger partial charge in [0.1, 0.15) is 5.82 Å². The summed E-state index contributed by atoms with van der Waals surface area (Å²) in [4.78, 5) is 19.5. The minimum absolute atomic E-state index is 0.0797. The van der Waals surface area contributed by atoms with Gasteiger partial charge in [-0.1, -0.05) is 30.7 Å². The number of aliphatic imine (C=N–C) groups is 1. The highest BCUT2D eigenvalue weighted by atomic mass is 35.5. The molecule has 2 aromatic carbocycles. The highest BCUT2D eigenvalue weighted by molar-refractivity contribution is 8.18. The Balaban J connectivity index is 1.91. The molecule has 1 saturated heterocycles. The zero-order valence-electron chi connectivity index (χ0n) is 13.6. The Kier molecular flexibility index (Phi) is 5.56. The highest BCUT2D eigenvalue weighted by Gasteiger charge is 2.32. The van der Waals surface area contributed by atoms with Gasteiger partial charge in [-0.2, -0.15) is 0 Å². The minimum atomic E-state index is -0.301. The van der Waals surface area contributed by atoms with Crippen molar-refractivity contribution in [3.05, 3.63) is 69.8 Å². The molecular weight excluding hydrogens is 359 g/mol. The van der Waals surface area contributed by atoms with Gasteiger partial charge in [0.05, 0.1) is 10.6 Å². The van der Waals surface area contributed by atoms with E-state index in [0.29, 0.717) is 21.6 Å². The molecule has 0 atom stereocenters. The van der Waals surface area contributed by atoms with Crippen LogP contribution in [0.1, 0.15) is 18.9 Å². The van der Waals surface area contributed by atoms with Crippen LogP contribution in [0.3, 0.4) is 0 Å². The summed E-state index contributed by atoms with van der Waals surface area (Å²) >= 11 is 7.23. The average Bonchev–Trinajstić information content (AvgIpc) is 2.88. The molecule has 2 aromatic rings. The Labute approximate surface area is 155 Å². The number of hydrogen-bond donors (Lipinski definition) is 0. The number of hydrogen-bond acceptors (Lipinski definition) is 3. The highest BCUT2D eigenvalue weighted by Crippen LogP contribution is 2.34. The molecule has 0 spiro atoms. The van der Waals surface area contributed by atoms with Crippen molar-refractivity contribution >= 4 is 46.2 Å². The predicted octanol–water partition coefficient (Wildman–Crippen LogP) is 5.49. The fourth-order valence-corrected chi connectivity index (χ4v) is 3.50. The summed E-state index contributed by atoms with van der Waals surface area (Å²) in [5, 5.41) is 1.28. The Hall–Kier alpha value is -2.11. The van der Waals surface area contributed by atoms with Crippen LogP contribution in [-0.2, 0) is 4.79 Å². The molecule has 3 nitrogen and oxygen atoms in total. The lowest BCUT2D eigenvalue weighted by atomic mass is 10.2. The quantitative estimate of drug-likeness (QED) is 0.662. The zero-order valence-corrected chi connectivity index (χ0v) is 15.1. The van der Waals surface area contributed by atoms with Crippen LogP contribution in [0, 0.1) is 5.82 Å². The van der Waals surface area contributed by atoms with E-state index in [1.165, 1.54) is 23.9 Å². The van der Waals surface area contributed by atoms with Crippen molar-refractivity contribution in [1.29, 1.82) is 0 Å². The van der Waals surface area contributed by atoms with Crippen molar-refractivity contribution in [1.82, 2.24) is 4.90 Å². The summed E-state index contributed by atoms with van der Waals surface area (Å²) in [6, 6.07) is 13.2. The molecule has 1 heterocycles. The Morgan fingerprint density at radius 1 is 1.16 bits per heavy atom. The van der Waals surface area contributed by atoms with Crippen LogP contribution in [0.25, 0.3) is 6.08 Å². The number of carbonyl (C=O) groups excluding carboxylic acids is 1. The summed E-state index contributed by atoms with van der Waals surface area (Å²) in [7, 11) is 0. The van der Waals surface area contributed by atoms with Crippen LogP contribution >= 0.6 is 23.4 Å². The van der Waals surface area contributed by atoms with E-state index in [1.807, 2.05) is 19.1 Å². The maximum Gasteiger partial charge on any atom is 0.266 e. The number of thioether (sulfide) groups is 1. The smallest absolute Gasteiger partial charge is 0.266 e. The third kappa shape index (κ3) is 4.30. The van der Waals surface area contributed by atoms with Gasteiger partial charge in [0.25, 0.3) is 5.91 Å². The Morgan fingerprint density at radius 3 is 2.48 bits per heavy atom. The predicted molar refractivity (Wildman–Crippen MR) is 103 cm³/mol. The van der Waals surface area contributed by atoms with Crippen LogP contribution < -0.4 is 0 Å². The molecule has 0 N–H and O–H groups in total. The zero-order chi connectivity index (χ0) is 17.8. The minimum Gasteiger partial charge on any atom is -0.286 e. The second-order valence-corrected chi connectivity index (χ2v) is 6.94. The topological polar surface area (TPSA) is 32.7 Å². The van der Waals surface area contributed by atoms with Crippen molar-refractivity contribution in [2.45, 2.75) is 13.3 Å². The molecule has 0 unspecified atom stereocenters. The van der Waals surface area contributed by atoms with Gasteiger partial charge in [-0.25, -0.2) is 9.38 Å². The van der Waals surface area contributed by atoms with Crippen molar-refractivity contribution in [3.8, 4) is 0 Å². The largest absolute Gasteiger partial charge is 0.286 e. The number of halogens is 2. The number of rotatable bonds is 4. The summed E-state index contributed by atoms with van der Waals surface area (Å²) < 4.78 is 13.0. The number of benzene rings is 2. The van der Waals surface area contributed by atoms with Crippen molar-refractivity contribution < 1.29 is 9.18 Å². The number of amidine groups is 1. The third-order valence-corrected chi connectivity index (χ3v) is 4.81. The van der Waals surface area contributed by atoms with Crippen molar-refractivity contribution in [2.75, 3.05) is 6.54 Å². The lowest BCUT2D eigenvalue weighted by Crippen LogP contribution is -2.29. The van der Waals surface area contributed by atoms with Crippen LogP contribution in [-0.4, -0.2) is 22.5 Å². The molecular formula is C19H16ClFN2OS. The Morgan fingerprint density at radius 2 is 1.84 bits per heavy atom. The summed E-state index contributed by atoms with van der Waals surface area (Å²) in [5.74, 6) is -0.381. The lowest BCUT2D eigenvalue weighted by molar-refractivity contribution is -0.122. The molecule has 0 bridgehead atoms. The molecule has 1 aliphatic heterocycles. The molecule has 3 rings (SSSR count). The molecule has 0 radical (unpaired) electrons. The van der Waals surface area contributed by atoms with E-state index in [9.17, 15) is 9.18 Å². The molecule has 0 aliphatic carbocycles. The van der Waals surface area contributed by atoms with E-state index in [0.717, 1.165) is 17.7 Å². The maximum atomic E-state index is 13.0.